The van der Waals surface area contributed by atoms with Crippen LogP contribution in [0.3, 0.4) is 0 Å². The van der Waals surface area contributed by atoms with E-state index in [1.165, 1.54) is 16.7 Å². The van der Waals surface area contributed by atoms with Gasteiger partial charge < -0.3 is 10.1 Å². The molecular formula is C23H29N3O2. The molecule has 28 heavy (non-hydrogen) atoms. The van der Waals surface area contributed by atoms with Crippen molar-refractivity contribution in [2.75, 3.05) is 11.9 Å². The molecule has 0 saturated carbocycles. The van der Waals surface area contributed by atoms with E-state index < -0.39 is 0 Å². The zero-order valence-electron chi connectivity index (χ0n) is 17.4. The zero-order valence-corrected chi connectivity index (χ0v) is 17.4. The second-order valence-electron chi connectivity index (χ2n) is 7.01. The van der Waals surface area contributed by atoms with Crippen LogP contribution in [0.1, 0.15) is 59.2 Å². The third-order valence-electron chi connectivity index (χ3n) is 5.09. The highest BCUT2D eigenvalue weighted by atomic mass is 16.5. The monoisotopic (exact) mass is 379 g/mol. The van der Waals surface area contributed by atoms with Gasteiger partial charge in [0.15, 0.2) is 11.3 Å². The Balaban J connectivity index is 2.01. The summed E-state index contributed by atoms with van der Waals surface area (Å²) in [6, 6.07) is 8.60. The summed E-state index contributed by atoms with van der Waals surface area (Å²) in [4.78, 5) is 17.1. The summed E-state index contributed by atoms with van der Waals surface area (Å²) in [6.45, 7) is 11.1. The largest absolute Gasteiger partial charge is 0.461 e. The Morgan fingerprint density at radius 3 is 2.43 bits per heavy atom. The number of carbonyl (C=O) groups excluding carboxylic acids is 1. The van der Waals surface area contributed by atoms with Gasteiger partial charge in [0.25, 0.3) is 0 Å². The van der Waals surface area contributed by atoms with Gasteiger partial charge in [0, 0.05) is 12.7 Å². The number of benzene rings is 1. The highest BCUT2D eigenvalue weighted by Crippen LogP contribution is 2.25. The number of imidazole rings is 1. The van der Waals surface area contributed by atoms with Crippen molar-refractivity contribution in [2.24, 2.45) is 0 Å². The van der Waals surface area contributed by atoms with E-state index in [0.717, 1.165) is 36.3 Å². The fourth-order valence-corrected chi connectivity index (χ4v) is 3.73. The molecule has 0 radical (unpaired) electrons. The average Bonchev–Trinajstić information content (AvgIpc) is 3.01. The molecule has 1 aromatic carbocycles. The maximum Gasteiger partial charge on any atom is 0.357 e. The van der Waals surface area contributed by atoms with Gasteiger partial charge >= 0.3 is 5.97 Å². The van der Waals surface area contributed by atoms with Crippen LogP contribution >= 0.6 is 0 Å². The first-order chi connectivity index (χ1) is 13.5. The van der Waals surface area contributed by atoms with E-state index in [4.69, 9.17) is 4.74 Å². The van der Waals surface area contributed by atoms with Gasteiger partial charge in [-0.25, -0.2) is 9.78 Å². The highest BCUT2D eigenvalue weighted by Gasteiger charge is 2.20. The number of carbonyl (C=O) groups is 1. The van der Waals surface area contributed by atoms with Crippen LogP contribution in [-0.2, 0) is 24.1 Å². The van der Waals surface area contributed by atoms with Crippen molar-refractivity contribution in [1.29, 1.82) is 0 Å². The lowest BCUT2D eigenvalue weighted by Gasteiger charge is -2.16. The fraction of sp³-hybridized carbons (Fsp3) is 0.391. The van der Waals surface area contributed by atoms with E-state index in [1.54, 1.807) is 0 Å². The Bertz CT molecular complexity index is 982. The highest BCUT2D eigenvalue weighted by molar-refractivity contribution is 5.91. The Hall–Kier alpha value is -2.82. The summed E-state index contributed by atoms with van der Waals surface area (Å²) in [5, 5.41) is 3.57. The molecule has 0 amide bonds. The first-order valence-corrected chi connectivity index (χ1v) is 10.00. The van der Waals surface area contributed by atoms with Gasteiger partial charge in [-0.3, -0.25) is 4.40 Å². The smallest absolute Gasteiger partial charge is 0.357 e. The number of nitrogens with one attached hydrogen (secondary N) is 1. The van der Waals surface area contributed by atoms with Gasteiger partial charge in [0.1, 0.15) is 0 Å². The number of hydrogen-bond donors (Lipinski definition) is 1. The van der Waals surface area contributed by atoms with Crippen LogP contribution in [0, 0.1) is 13.8 Å². The van der Waals surface area contributed by atoms with E-state index >= 15 is 0 Å². The van der Waals surface area contributed by atoms with Crippen LogP contribution in [0.5, 0.6) is 0 Å². The molecule has 0 saturated heterocycles. The molecule has 0 aliphatic heterocycles. The van der Waals surface area contributed by atoms with Crippen molar-refractivity contribution in [1.82, 2.24) is 9.38 Å². The molecule has 5 heteroatoms. The van der Waals surface area contributed by atoms with Crippen LogP contribution in [0.2, 0.25) is 0 Å². The number of ether oxygens (including phenoxy) is 1. The van der Waals surface area contributed by atoms with Crippen LogP contribution in [0.15, 0.2) is 30.5 Å². The van der Waals surface area contributed by atoms with Crippen molar-refractivity contribution in [3.63, 3.8) is 0 Å². The topological polar surface area (TPSA) is 55.6 Å². The number of pyridine rings is 1. The van der Waals surface area contributed by atoms with Gasteiger partial charge in [-0.2, -0.15) is 0 Å². The maximum absolute atomic E-state index is 12.4. The number of fused-ring (bicyclic) bond motifs is 1. The standard InChI is InChI=1S/C23H29N3O2/c1-6-17-10-9-11-18(7-2)19(17)13-24-20-12-15(4)14-26-21(23(27)28-8-3)16(5)25-22(20)26/h9-12,14,24H,6-8,13H2,1-5H3. The summed E-state index contributed by atoms with van der Waals surface area (Å²) in [6.07, 6.45) is 3.94. The molecule has 0 aliphatic carbocycles. The minimum atomic E-state index is -0.339. The fourth-order valence-electron chi connectivity index (χ4n) is 3.73. The maximum atomic E-state index is 12.4. The average molecular weight is 380 g/mol. The second-order valence-corrected chi connectivity index (χ2v) is 7.01. The molecule has 0 fully saturated rings. The van der Waals surface area contributed by atoms with Gasteiger partial charge in [0.2, 0.25) is 0 Å². The number of rotatable bonds is 7. The molecule has 0 spiro atoms. The molecular weight excluding hydrogens is 350 g/mol. The summed E-state index contributed by atoms with van der Waals surface area (Å²) in [5.74, 6) is -0.339. The minimum Gasteiger partial charge on any atom is -0.461 e. The SMILES string of the molecule is CCOC(=O)c1c(C)nc2c(NCc3c(CC)cccc3CC)cc(C)cn12. The van der Waals surface area contributed by atoms with E-state index in [2.05, 4.69) is 48.4 Å². The molecule has 2 heterocycles. The molecule has 148 valence electrons. The Labute approximate surface area is 166 Å². The molecule has 5 nitrogen and oxygen atoms in total. The lowest BCUT2D eigenvalue weighted by Crippen LogP contribution is -2.11. The summed E-state index contributed by atoms with van der Waals surface area (Å²) >= 11 is 0. The van der Waals surface area contributed by atoms with Crippen molar-refractivity contribution in [3.8, 4) is 0 Å². The predicted octanol–water partition coefficient (Wildman–Crippen LogP) is 4.86. The van der Waals surface area contributed by atoms with Crippen molar-refractivity contribution < 1.29 is 9.53 Å². The van der Waals surface area contributed by atoms with Crippen molar-refractivity contribution in [3.05, 3.63) is 64.1 Å². The van der Waals surface area contributed by atoms with E-state index in [9.17, 15) is 4.79 Å². The summed E-state index contributed by atoms with van der Waals surface area (Å²) in [5.41, 5.74) is 7.97. The van der Waals surface area contributed by atoms with Crippen LogP contribution in [0.25, 0.3) is 5.65 Å². The molecule has 2 aromatic heterocycles. The molecule has 0 aliphatic rings. The van der Waals surface area contributed by atoms with Crippen LogP contribution in [0.4, 0.5) is 5.69 Å². The molecule has 3 rings (SSSR count). The van der Waals surface area contributed by atoms with Crippen LogP contribution in [-0.4, -0.2) is 22.0 Å². The first-order valence-electron chi connectivity index (χ1n) is 10.00. The number of aromatic nitrogens is 2. The number of nitrogens with zero attached hydrogens (tertiary/aromatic N) is 2. The molecule has 0 atom stereocenters. The second kappa shape index (κ2) is 8.46. The van der Waals surface area contributed by atoms with E-state index in [1.807, 2.05) is 31.4 Å². The van der Waals surface area contributed by atoms with Gasteiger partial charge in [-0.15, -0.1) is 0 Å². The number of aryl methyl sites for hydroxylation is 4. The van der Waals surface area contributed by atoms with Crippen LogP contribution < -0.4 is 5.32 Å². The number of anilines is 1. The molecule has 3 aromatic rings. The Kier molecular flexibility index (Phi) is 6.02. The van der Waals surface area contributed by atoms with Gasteiger partial charge in [0.05, 0.1) is 18.0 Å². The Morgan fingerprint density at radius 2 is 1.82 bits per heavy atom. The summed E-state index contributed by atoms with van der Waals surface area (Å²) in [7, 11) is 0. The lowest BCUT2D eigenvalue weighted by molar-refractivity contribution is 0.0517. The minimum absolute atomic E-state index is 0.339. The Morgan fingerprint density at radius 1 is 1.14 bits per heavy atom. The quantitative estimate of drug-likeness (QED) is 0.595. The molecule has 0 unspecified atom stereocenters. The molecule has 1 N–H and O–H groups in total. The number of hydrogen-bond acceptors (Lipinski definition) is 4. The first kappa shape index (κ1) is 19.9. The third kappa shape index (κ3) is 3.75. The number of esters is 1. The zero-order chi connectivity index (χ0) is 20.3. The predicted molar refractivity (Wildman–Crippen MR) is 113 cm³/mol. The van der Waals surface area contributed by atoms with Crippen molar-refractivity contribution >= 4 is 17.3 Å². The van der Waals surface area contributed by atoms with Crippen molar-refractivity contribution in [2.45, 2.75) is 54.0 Å². The lowest BCUT2D eigenvalue weighted by atomic mass is 9.97. The van der Waals surface area contributed by atoms with E-state index in [0.29, 0.717) is 18.0 Å². The summed E-state index contributed by atoms with van der Waals surface area (Å²) < 4.78 is 7.07. The molecule has 0 bridgehead atoms. The van der Waals surface area contributed by atoms with E-state index in [-0.39, 0.29) is 5.97 Å². The normalized spacial score (nSPS) is 11.0. The third-order valence-corrected chi connectivity index (χ3v) is 5.09. The van der Waals surface area contributed by atoms with Gasteiger partial charge in [-0.05, 0) is 61.9 Å². The van der Waals surface area contributed by atoms with Gasteiger partial charge in [-0.1, -0.05) is 32.0 Å².